The van der Waals surface area contributed by atoms with Crippen LogP contribution in [0.15, 0.2) is 35.6 Å². The molecule has 0 aliphatic carbocycles. The van der Waals surface area contributed by atoms with Gasteiger partial charge in [0.1, 0.15) is 4.90 Å². The van der Waals surface area contributed by atoms with Crippen LogP contribution in [0.1, 0.15) is 5.69 Å². The Morgan fingerprint density at radius 1 is 1.31 bits per heavy atom. The normalized spacial score (nSPS) is 11.3. The van der Waals surface area contributed by atoms with Gasteiger partial charge in [-0.1, -0.05) is 0 Å². The molecule has 0 amide bonds. The van der Waals surface area contributed by atoms with Gasteiger partial charge in [-0.25, -0.2) is 8.42 Å². The molecule has 0 bridgehead atoms. The SMILES string of the molecule is Cc1ccc(NS(=O)(=O)c2cn[nH]c2)cn1. The lowest BCUT2D eigenvalue weighted by Gasteiger charge is -2.05. The van der Waals surface area contributed by atoms with Gasteiger partial charge in [-0.2, -0.15) is 5.10 Å². The Morgan fingerprint density at radius 3 is 2.69 bits per heavy atom. The minimum absolute atomic E-state index is 0.0908. The van der Waals surface area contributed by atoms with Crippen LogP contribution in [-0.4, -0.2) is 23.6 Å². The van der Waals surface area contributed by atoms with Crippen molar-refractivity contribution < 1.29 is 8.42 Å². The lowest BCUT2D eigenvalue weighted by atomic mass is 10.4. The Labute approximate surface area is 92.8 Å². The second-order valence-electron chi connectivity index (χ2n) is 3.23. The fourth-order valence-electron chi connectivity index (χ4n) is 1.13. The third-order valence-corrected chi connectivity index (χ3v) is 3.30. The molecule has 7 heteroatoms. The zero-order valence-corrected chi connectivity index (χ0v) is 9.32. The summed E-state index contributed by atoms with van der Waals surface area (Å²) in [7, 11) is -3.57. The predicted molar refractivity (Wildman–Crippen MR) is 58.4 cm³/mol. The second-order valence-corrected chi connectivity index (χ2v) is 4.91. The highest BCUT2D eigenvalue weighted by Crippen LogP contribution is 2.13. The van der Waals surface area contributed by atoms with Gasteiger partial charge in [0.05, 0.1) is 18.1 Å². The van der Waals surface area contributed by atoms with Gasteiger partial charge in [0.15, 0.2) is 0 Å². The molecule has 0 radical (unpaired) electrons. The molecule has 2 aromatic heterocycles. The molecule has 0 fully saturated rings. The van der Waals surface area contributed by atoms with E-state index in [0.29, 0.717) is 5.69 Å². The number of aromatic amines is 1. The van der Waals surface area contributed by atoms with Crippen LogP contribution in [0, 0.1) is 6.92 Å². The maximum atomic E-state index is 11.7. The first-order chi connectivity index (χ1) is 7.58. The second kappa shape index (κ2) is 3.93. The molecule has 2 heterocycles. The molecule has 0 saturated carbocycles. The molecular weight excluding hydrogens is 228 g/mol. The molecule has 0 unspecified atom stereocenters. The summed E-state index contributed by atoms with van der Waals surface area (Å²) < 4.78 is 25.9. The maximum absolute atomic E-state index is 11.7. The van der Waals surface area contributed by atoms with Gasteiger partial charge in [0.25, 0.3) is 10.0 Å². The fraction of sp³-hybridized carbons (Fsp3) is 0.111. The van der Waals surface area contributed by atoms with E-state index in [1.54, 1.807) is 12.1 Å². The predicted octanol–water partition coefficient (Wildman–Crippen LogP) is 0.914. The smallest absolute Gasteiger partial charge is 0.265 e. The summed E-state index contributed by atoms with van der Waals surface area (Å²) in [5, 5.41) is 6.03. The standard InChI is InChI=1S/C9H10N4O2S/c1-7-2-3-8(4-10-7)13-16(14,15)9-5-11-12-6-9/h2-6,13H,1H3,(H,11,12). The quantitative estimate of drug-likeness (QED) is 0.832. The Kier molecular flexibility index (Phi) is 2.61. The van der Waals surface area contributed by atoms with Gasteiger partial charge in [-0.05, 0) is 19.1 Å². The monoisotopic (exact) mass is 238 g/mol. The van der Waals surface area contributed by atoms with Crippen LogP contribution in [0.4, 0.5) is 5.69 Å². The lowest BCUT2D eigenvalue weighted by molar-refractivity contribution is 0.601. The number of nitrogens with zero attached hydrogens (tertiary/aromatic N) is 2. The number of rotatable bonds is 3. The third-order valence-electron chi connectivity index (χ3n) is 1.95. The zero-order chi connectivity index (χ0) is 11.6. The van der Waals surface area contributed by atoms with Gasteiger partial charge in [-0.15, -0.1) is 0 Å². The lowest BCUT2D eigenvalue weighted by Crippen LogP contribution is -2.12. The average molecular weight is 238 g/mol. The molecule has 2 aromatic rings. The van der Waals surface area contributed by atoms with E-state index >= 15 is 0 Å². The van der Waals surface area contributed by atoms with Crippen molar-refractivity contribution in [2.75, 3.05) is 4.72 Å². The van der Waals surface area contributed by atoms with Crippen molar-refractivity contribution in [3.63, 3.8) is 0 Å². The number of nitrogens with one attached hydrogen (secondary N) is 2. The average Bonchev–Trinajstić information content (AvgIpc) is 2.75. The van der Waals surface area contributed by atoms with Crippen molar-refractivity contribution in [2.24, 2.45) is 0 Å². The van der Waals surface area contributed by atoms with Crippen LogP contribution in [0.3, 0.4) is 0 Å². The molecule has 0 aliphatic rings. The Balaban J connectivity index is 2.25. The molecule has 2 N–H and O–H groups in total. The summed E-state index contributed by atoms with van der Waals surface area (Å²) in [6.07, 6.45) is 4.01. The number of hydrogen-bond acceptors (Lipinski definition) is 4. The number of H-pyrrole nitrogens is 1. The minimum atomic E-state index is -3.57. The van der Waals surface area contributed by atoms with Crippen LogP contribution in [0.25, 0.3) is 0 Å². The summed E-state index contributed by atoms with van der Waals surface area (Å²) in [6.45, 7) is 1.83. The highest BCUT2D eigenvalue weighted by atomic mass is 32.2. The number of aromatic nitrogens is 3. The maximum Gasteiger partial charge on any atom is 0.265 e. The highest BCUT2D eigenvalue weighted by Gasteiger charge is 2.14. The number of aryl methyl sites for hydroxylation is 1. The van der Waals surface area contributed by atoms with Crippen LogP contribution >= 0.6 is 0 Å². The van der Waals surface area contributed by atoms with E-state index in [1.165, 1.54) is 18.6 Å². The zero-order valence-electron chi connectivity index (χ0n) is 8.51. The van der Waals surface area contributed by atoms with E-state index < -0.39 is 10.0 Å². The topological polar surface area (TPSA) is 87.7 Å². The van der Waals surface area contributed by atoms with E-state index in [9.17, 15) is 8.42 Å². The number of sulfonamides is 1. The first-order valence-corrected chi connectivity index (χ1v) is 6.00. The van der Waals surface area contributed by atoms with Gasteiger partial charge >= 0.3 is 0 Å². The molecule has 0 saturated heterocycles. The largest absolute Gasteiger partial charge is 0.284 e. The van der Waals surface area contributed by atoms with Crippen LogP contribution in [-0.2, 0) is 10.0 Å². The van der Waals surface area contributed by atoms with Gasteiger partial charge < -0.3 is 0 Å². The molecular formula is C9H10N4O2S. The summed E-state index contributed by atoms with van der Waals surface area (Å²) in [5.74, 6) is 0. The molecule has 6 nitrogen and oxygen atoms in total. The minimum Gasteiger partial charge on any atom is -0.284 e. The molecule has 0 aliphatic heterocycles. The van der Waals surface area contributed by atoms with Crippen LogP contribution < -0.4 is 4.72 Å². The Hall–Kier alpha value is -1.89. The summed E-state index contributed by atoms with van der Waals surface area (Å²) in [5.41, 5.74) is 1.25. The molecule has 2 rings (SSSR count). The highest BCUT2D eigenvalue weighted by molar-refractivity contribution is 7.92. The molecule has 84 valence electrons. The first kappa shape index (κ1) is 10.6. The summed E-state index contributed by atoms with van der Waals surface area (Å²) in [4.78, 5) is 4.09. The van der Waals surface area contributed by atoms with Crippen molar-refractivity contribution in [1.29, 1.82) is 0 Å². The van der Waals surface area contributed by atoms with Crippen molar-refractivity contribution in [3.05, 3.63) is 36.4 Å². The van der Waals surface area contributed by atoms with E-state index in [2.05, 4.69) is 19.9 Å². The Bertz CT molecular complexity index is 560. The number of anilines is 1. The van der Waals surface area contributed by atoms with E-state index in [0.717, 1.165) is 5.69 Å². The molecule has 0 spiro atoms. The molecule has 0 aromatic carbocycles. The van der Waals surface area contributed by atoms with E-state index in [-0.39, 0.29) is 4.90 Å². The third kappa shape index (κ3) is 2.19. The van der Waals surface area contributed by atoms with Gasteiger partial charge in [0.2, 0.25) is 0 Å². The summed E-state index contributed by atoms with van der Waals surface area (Å²) in [6, 6.07) is 3.38. The van der Waals surface area contributed by atoms with Gasteiger partial charge in [0, 0.05) is 11.9 Å². The summed E-state index contributed by atoms with van der Waals surface area (Å²) >= 11 is 0. The van der Waals surface area contributed by atoms with Crippen molar-refractivity contribution in [3.8, 4) is 0 Å². The number of hydrogen-bond donors (Lipinski definition) is 2. The van der Waals surface area contributed by atoms with E-state index in [4.69, 9.17) is 0 Å². The van der Waals surface area contributed by atoms with E-state index in [1.807, 2.05) is 6.92 Å². The number of pyridine rings is 1. The van der Waals surface area contributed by atoms with Gasteiger partial charge in [-0.3, -0.25) is 14.8 Å². The van der Waals surface area contributed by atoms with Crippen molar-refractivity contribution in [2.45, 2.75) is 11.8 Å². The fourth-order valence-corrected chi connectivity index (χ4v) is 2.08. The van der Waals surface area contributed by atoms with Crippen LogP contribution in [0.5, 0.6) is 0 Å². The molecule has 0 atom stereocenters. The first-order valence-electron chi connectivity index (χ1n) is 4.52. The van der Waals surface area contributed by atoms with Crippen LogP contribution in [0.2, 0.25) is 0 Å². The Morgan fingerprint density at radius 2 is 2.12 bits per heavy atom. The van der Waals surface area contributed by atoms with Crippen molar-refractivity contribution in [1.82, 2.24) is 15.2 Å². The van der Waals surface area contributed by atoms with Crippen molar-refractivity contribution >= 4 is 15.7 Å². The molecule has 16 heavy (non-hydrogen) atoms.